The van der Waals surface area contributed by atoms with Crippen molar-refractivity contribution in [3.8, 4) is 11.5 Å². The zero-order valence-electron chi connectivity index (χ0n) is 17.9. The van der Waals surface area contributed by atoms with Crippen molar-refractivity contribution in [3.05, 3.63) is 77.5 Å². The summed E-state index contributed by atoms with van der Waals surface area (Å²) in [5.41, 5.74) is 4.41. The Morgan fingerprint density at radius 2 is 1.81 bits per heavy atom. The smallest absolute Gasteiger partial charge is 0.260 e. The molecule has 3 heterocycles. The third kappa shape index (κ3) is 4.26. The molecule has 1 saturated heterocycles. The highest BCUT2D eigenvalue weighted by Gasteiger charge is 2.18. The predicted molar refractivity (Wildman–Crippen MR) is 122 cm³/mol. The molecule has 1 amide bonds. The fourth-order valence-electron chi connectivity index (χ4n) is 3.87. The zero-order valence-corrected chi connectivity index (χ0v) is 17.9. The Morgan fingerprint density at radius 3 is 2.66 bits per heavy atom. The van der Waals surface area contributed by atoms with Gasteiger partial charge in [-0.25, -0.2) is 9.97 Å². The van der Waals surface area contributed by atoms with Crippen molar-refractivity contribution in [3.63, 3.8) is 0 Å². The molecule has 1 N–H and O–H groups in total. The van der Waals surface area contributed by atoms with Gasteiger partial charge in [-0.05, 0) is 42.8 Å². The van der Waals surface area contributed by atoms with Crippen LogP contribution in [0, 0.1) is 6.92 Å². The first-order chi connectivity index (χ1) is 15.7. The maximum Gasteiger partial charge on any atom is 0.260 e. The van der Waals surface area contributed by atoms with Crippen LogP contribution in [0.5, 0.6) is 0 Å². The molecule has 7 nitrogen and oxygen atoms in total. The number of carbonyl (C=O) groups is 1. The Morgan fingerprint density at radius 1 is 1.00 bits per heavy atom. The quantitative estimate of drug-likeness (QED) is 0.511. The fraction of sp³-hybridized carbons (Fsp3) is 0.240. The van der Waals surface area contributed by atoms with Crippen LogP contribution in [0.4, 0.5) is 5.82 Å². The van der Waals surface area contributed by atoms with Crippen LogP contribution in [-0.2, 0) is 11.3 Å². The van der Waals surface area contributed by atoms with Gasteiger partial charge in [-0.1, -0.05) is 30.3 Å². The molecule has 2 aromatic carbocycles. The summed E-state index contributed by atoms with van der Waals surface area (Å²) in [6, 6.07) is 18.9. The minimum Gasteiger partial charge on any atom is -0.435 e. The molecule has 1 aliphatic heterocycles. The van der Waals surface area contributed by atoms with Crippen molar-refractivity contribution in [2.45, 2.75) is 13.5 Å². The summed E-state index contributed by atoms with van der Waals surface area (Å²) in [4.78, 5) is 24.6. The molecule has 7 heteroatoms. The van der Waals surface area contributed by atoms with Crippen LogP contribution in [0.2, 0.25) is 0 Å². The van der Waals surface area contributed by atoms with Gasteiger partial charge < -0.3 is 14.5 Å². The first kappa shape index (κ1) is 20.4. The van der Waals surface area contributed by atoms with E-state index in [0.717, 1.165) is 49.7 Å². The van der Waals surface area contributed by atoms with Crippen molar-refractivity contribution >= 4 is 22.8 Å². The largest absolute Gasteiger partial charge is 0.435 e. The van der Waals surface area contributed by atoms with Crippen LogP contribution < -0.4 is 5.32 Å². The molecule has 0 saturated carbocycles. The number of amides is 1. The lowest BCUT2D eigenvalue weighted by atomic mass is 10.1. The van der Waals surface area contributed by atoms with Gasteiger partial charge in [0.15, 0.2) is 5.58 Å². The molecule has 1 aliphatic rings. The molecule has 0 spiro atoms. The van der Waals surface area contributed by atoms with Gasteiger partial charge in [0.2, 0.25) is 5.89 Å². The Bertz CT molecular complexity index is 1260. The molecule has 162 valence electrons. The number of nitrogens with one attached hydrogen (secondary N) is 1. The van der Waals surface area contributed by atoms with Crippen molar-refractivity contribution in [2.75, 3.05) is 31.6 Å². The first-order valence-electron chi connectivity index (χ1n) is 10.7. The van der Waals surface area contributed by atoms with E-state index in [2.05, 4.69) is 20.2 Å². The van der Waals surface area contributed by atoms with Crippen LogP contribution >= 0.6 is 0 Å². The summed E-state index contributed by atoms with van der Waals surface area (Å²) in [7, 11) is 0. The molecule has 0 aliphatic carbocycles. The van der Waals surface area contributed by atoms with E-state index in [1.54, 1.807) is 12.1 Å². The SMILES string of the molecule is Cc1ccccc1-c1nc2cccc(C(=O)Nc3cccc(CN4CCOCC4)n3)c2o1. The maximum atomic E-state index is 13.1. The maximum absolute atomic E-state index is 13.1. The Kier molecular flexibility index (Phi) is 5.66. The van der Waals surface area contributed by atoms with Crippen LogP contribution in [0.3, 0.4) is 0 Å². The number of anilines is 1. The average molecular weight is 428 g/mol. The molecule has 2 aromatic heterocycles. The topological polar surface area (TPSA) is 80.5 Å². The zero-order chi connectivity index (χ0) is 21.9. The predicted octanol–water partition coefficient (Wildman–Crippen LogP) is 4.28. The summed E-state index contributed by atoms with van der Waals surface area (Å²) >= 11 is 0. The van der Waals surface area contributed by atoms with Gasteiger partial charge in [-0.3, -0.25) is 9.69 Å². The van der Waals surface area contributed by atoms with Crippen molar-refractivity contribution < 1.29 is 13.9 Å². The lowest BCUT2D eigenvalue weighted by molar-refractivity contribution is 0.0337. The Hall–Kier alpha value is -3.55. The number of aryl methyl sites for hydroxylation is 1. The normalized spacial score (nSPS) is 14.5. The highest BCUT2D eigenvalue weighted by Crippen LogP contribution is 2.28. The van der Waals surface area contributed by atoms with E-state index in [4.69, 9.17) is 9.15 Å². The number of nitrogens with zero attached hydrogens (tertiary/aromatic N) is 3. The van der Waals surface area contributed by atoms with E-state index < -0.39 is 0 Å². The number of carbonyl (C=O) groups excluding carboxylic acids is 1. The standard InChI is InChI=1S/C25H24N4O3/c1-17-6-2-3-8-19(17)25-27-21-10-5-9-20(23(21)32-25)24(30)28-22-11-4-7-18(26-22)16-29-12-14-31-15-13-29/h2-11H,12-16H2,1H3,(H,26,28,30). The second-order valence-corrected chi connectivity index (χ2v) is 7.84. The van der Waals surface area contributed by atoms with Crippen LogP contribution in [0.25, 0.3) is 22.6 Å². The summed E-state index contributed by atoms with van der Waals surface area (Å²) < 4.78 is 11.4. The highest BCUT2D eigenvalue weighted by atomic mass is 16.5. The number of benzene rings is 2. The number of ether oxygens (including phenoxy) is 1. The molecule has 0 bridgehead atoms. The highest BCUT2D eigenvalue weighted by molar-refractivity contribution is 6.10. The number of fused-ring (bicyclic) bond motifs is 1. The number of pyridine rings is 1. The fourth-order valence-corrected chi connectivity index (χ4v) is 3.87. The molecule has 32 heavy (non-hydrogen) atoms. The lowest BCUT2D eigenvalue weighted by Crippen LogP contribution is -2.35. The Balaban J connectivity index is 1.38. The summed E-state index contributed by atoms with van der Waals surface area (Å²) in [5, 5.41) is 2.91. The van der Waals surface area contributed by atoms with Crippen molar-refractivity contribution in [1.29, 1.82) is 0 Å². The molecule has 0 radical (unpaired) electrons. The van der Waals surface area contributed by atoms with E-state index in [-0.39, 0.29) is 5.91 Å². The minimum atomic E-state index is -0.279. The van der Waals surface area contributed by atoms with Crippen LogP contribution in [0.1, 0.15) is 21.6 Å². The molecular formula is C25H24N4O3. The molecule has 0 unspecified atom stereocenters. The van der Waals surface area contributed by atoms with Crippen molar-refractivity contribution in [1.82, 2.24) is 14.9 Å². The van der Waals surface area contributed by atoms with Gasteiger partial charge in [0, 0.05) is 25.2 Å². The van der Waals surface area contributed by atoms with Crippen LogP contribution in [-0.4, -0.2) is 47.1 Å². The number of oxazole rings is 1. The van der Waals surface area contributed by atoms with Crippen molar-refractivity contribution in [2.24, 2.45) is 0 Å². The number of aromatic nitrogens is 2. The number of hydrogen-bond acceptors (Lipinski definition) is 6. The summed E-state index contributed by atoms with van der Waals surface area (Å²) in [6.07, 6.45) is 0. The second kappa shape index (κ2) is 8.90. The van der Waals surface area contributed by atoms with Gasteiger partial charge in [-0.15, -0.1) is 0 Å². The minimum absolute atomic E-state index is 0.279. The Labute approximate surface area is 186 Å². The molecular weight excluding hydrogens is 404 g/mol. The molecule has 4 aromatic rings. The third-order valence-electron chi connectivity index (χ3n) is 5.57. The van der Waals surface area contributed by atoms with E-state index in [1.807, 2.05) is 55.5 Å². The van der Waals surface area contributed by atoms with Gasteiger partial charge in [-0.2, -0.15) is 0 Å². The molecule has 0 atom stereocenters. The van der Waals surface area contributed by atoms with Gasteiger partial charge in [0.25, 0.3) is 5.91 Å². The van der Waals surface area contributed by atoms with E-state index in [1.165, 1.54) is 0 Å². The number of hydrogen-bond donors (Lipinski definition) is 1. The second-order valence-electron chi connectivity index (χ2n) is 7.84. The van der Waals surface area contributed by atoms with Gasteiger partial charge in [0.05, 0.1) is 24.5 Å². The number of morpholine rings is 1. The summed E-state index contributed by atoms with van der Waals surface area (Å²) in [6.45, 7) is 5.98. The van der Waals surface area contributed by atoms with E-state index >= 15 is 0 Å². The van der Waals surface area contributed by atoms with Crippen LogP contribution in [0.15, 0.2) is 65.1 Å². The lowest BCUT2D eigenvalue weighted by Gasteiger charge is -2.26. The average Bonchev–Trinajstić information content (AvgIpc) is 3.24. The van der Waals surface area contributed by atoms with E-state index in [0.29, 0.717) is 28.4 Å². The van der Waals surface area contributed by atoms with Gasteiger partial charge in [0.1, 0.15) is 11.3 Å². The number of para-hydroxylation sites is 1. The number of rotatable bonds is 5. The van der Waals surface area contributed by atoms with Gasteiger partial charge >= 0.3 is 0 Å². The monoisotopic (exact) mass is 428 g/mol. The molecule has 1 fully saturated rings. The molecule has 5 rings (SSSR count). The third-order valence-corrected chi connectivity index (χ3v) is 5.57. The first-order valence-corrected chi connectivity index (χ1v) is 10.7. The van der Waals surface area contributed by atoms with E-state index in [9.17, 15) is 4.79 Å². The summed E-state index contributed by atoms with van der Waals surface area (Å²) in [5.74, 6) is 0.736.